The second-order valence-corrected chi connectivity index (χ2v) is 10.1. The highest BCUT2D eigenvalue weighted by molar-refractivity contribution is 6.33. The van der Waals surface area contributed by atoms with Crippen LogP contribution in [0.2, 0.25) is 5.02 Å². The zero-order valence-electron chi connectivity index (χ0n) is 22.6. The van der Waals surface area contributed by atoms with Gasteiger partial charge in [-0.15, -0.1) is 0 Å². The van der Waals surface area contributed by atoms with Crippen molar-refractivity contribution in [1.82, 2.24) is 19.9 Å². The number of hydrogen-bond acceptors (Lipinski definition) is 7. The van der Waals surface area contributed by atoms with Gasteiger partial charge in [0.05, 0.1) is 16.9 Å². The molecule has 0 spiro atoms. The van der Waals surface area contributed by atoms with Crippen LogP contribution in [-0.2, 0) is 0 Å². The topological polar surface area (TPSA) is 118 Å². The molecule has 5 aromatic rings. The van der Waals surface area contributed by atoms with E-state index in [1.165, 1.54) is 0 Å². The average molecular weight is 568 g/mol. The lowest BCUT2D eigenvalue weighted by atomic mass is 10.1. The Labute approximate surface area is 242 Å². The van der Waals surface area contributed by atoms with Crippen molar-refractivity contribution in [1.29, 1.82) is 0 Å². The van der Waals surface area contributed by atoms with Crippen molar-refractivity contribution in [2.75, 3.05) is 36.6 Å². The number of likely N-dealkylation sites (N-methyl/N-ethyl adjacent to an activating group) is 1. The van der Waals surface area contributed by atoms with Crippen molar-refractivity contribution >= 4 is 51.4 Å². The van der Waals surface area contributed by atoms with Gasteiger partial charge in [-0.3, -0.25) is 4.79 Å². The summed E-state index contributed by atoms with van der Waals surface area (Å²) in [6.45, 7) is 0.730. The fraction of sp³-hybridized carbons (Fsp3) is 0.129. The van der Waals surface area contributed by atoms with Crippen LogP contribution in [0, 0.1) is 0 Å². The third-order valence-electron chi connectivity index (χ3n) is 6.22. The molecule has 0 bridgehead atoms. The average Bonchev–Trinajstić information content (AvgIpc) is 3.38. The number of para-hydroxylation sites is 1. The van der Waals surface area contributed by atoms with Crippen molar-refractivity contribution in [2.24, 2.45) is 0 Å². The summed E-state index contributed by atoms with van der Waals surface area (Å²) < 4.78 is 0. The predicted octanol–water partition coefficient (Wildman–Crippen LogP) is 6.12. The number of rotatable bonds is 10. The van der Waals surface area contributed by atoms with E-state index in [9.17, 15) is 9.90 Å². The van der Waals surface area contributed by atoms with Gasteiger partial charge in [-0.2, -0.15) is 0 Å². The molecule has 1 atom stereocenters. The molecule has 0 saturated heterocycles. The Morgan fingerprint density at radius 1 is 1.05 bits per heavy atom. The molecule has 41 heavy (non-hydrogen) atoms. The number of aliphatic hydroxyl groups excluding tert-OH is 1. The first-order valence-electron chi connectivity index (χ1n) is 13.0. The molecule has 2 aromatic heterocycles. The number of nitrogens with one attached hydrogen (secondary N) is 4. The normalized spacial score (nSPS) is 12.1. The molecule has 0 fully saturated rings. The maximum atomic E-state index is 12.9. The molecule has 9 nitrogen and oxygen atoms in total. The predicted molar refractivity (Wildman–Crippen MR) is 166 cm³/mol. The first-order chi connectivity index (χ1) is 19.9. The number of hydrogen-bond donors (Lipinski definition) is 5. The quantitative estimate of drug-likeness (QED) is 0.102. The number of anilines is 4. The van der Waals surface area contributed by atoms with Gasteiger partial charge in [0.2, 0.25) is 5.95 Å². The van der Waals surface area contributed by atoms with Gasteiger partial charge in [-0.25, -0.2) is 9.97 Å². The van der Waals surface area contributed by atoms with E-state index in [-0.39, 0.29) is 5.91 Å². The van der Waals surface area contributed by atoms with Crippen LogP contribution in [0.15, 0.2) is 97.3 Å². The van der Waals surface area contributed by atoms with Crippen molar-refractivity contribution < 1.29 is 9.90 Å². The molecule has 3 aromatic carbocycles. The Morgan fingerprint density at radius 3 is 2.63 bits per heavy atom. The Hall–Kier alpha value is -4.70. The molecular weight excluding hydrogens is 538 g/mol. The lowest BCUT2D eigenvalue weighted by Gasteiger charge is -2.12. The monoisotopic (exact) mass is 567 g/mol. The van der Waals surface area contributed by atoms with Crippen molar-refractivity contribution in [3.63, 3.8) is 0 Å². The van der Waals surface area contributed by atoms with E-state index in [1.807, 2.05) is 67.7 Å². The largest absolute Gasteiger partial charge is 0.370 e. The van der Waals surface area contributed by atoms with Gasteiger partial charge < -0.3 is 30.9 Å². The van der Waals surface area contributed by atoms with Crippen LogP contribution < -0.4 is 16.0 Å². The Kier molecular flexibility index (Phi) is 8.59. The van der Waals surface area contributed by atoms with Crippen LogP contribution in [0.4, 0.5) is 23.0 Å². The minimum absolute atomic E-state index is 0.260. The van der Waals surface area contributed by atoms with Crippen molar-refractivity contribution in [3.05, 3.63) is 108 Å². The van der Waals surface area contributed by atoms with Crippen molar-refractivity contribution in [2.45, 2.75) is 6.23 Å². The summed E-state index contributed by atoms with van der Waals surface area (Å²) in [5.74, 6) is 0.115. The fourth-order valence-corrected chi connectivity index (χ4v) is 4.42. The van der Waals surface area contributed by atoms with Gasteiger partial charge in [0, 0.05) is 51.8 Å². The number of aromatic amines is 1. The van der Waals surface area contributed by atoms with Crippen LogP contribution in [-0.4, -0.2) is 57.7 Å². The van der Waals surface area contributed by atoms with Gasteiger partial charge in [0.25, 0.3) is 5.91 Å². The molecule has 0 radical (unpaired) electrons. The smallest absolute Gasteiger partial charge is 0.255 e. The van der Waals surface area contributed by atoms with Crippen LogP contribution in [0.3, 0.4) is 0 Å². The summed E-state index contributed by atoms with van der Waals surface area (Å²) in [6, 6.07) is 22.1. The molecule has 1 amide bonds. The number of amides is 1. The number of benzene rings is 3. The summed E-state index contributed by atoms with van der Waals surface area (Å²) >= 11 is 6.46. The Balaban J connectivity index is 1.24. The molecule has 0 aliphatic heterocycles. The number of aromatic nitrogens is 3. The van der Waals surface area contributed by atoms with E-state index in [2.05, 4.69) is 30.9 Å². The first-order valence-corrected chi connectivity index (χ1v) is 13.4. The summed E-state index contributed by atoms with van der Waals surface area (Å²) in [4.78, 5) is 27.1. The number of nitrogens with zero attached hydrogens (tertiary/aromatic N) is 3. The molecule has 5 rings (SSSR count). The molecule has 208 valence electrons. The number of fused-ring (bicyclic) bond motifs is 1. The Morgan fingerprint density at radius 2 is 1.83 bits per heavy atom. The third-order valence-corrected chi connectivity index (χ3v) is 6.49. The second-order valence-electron chi connectivity index (χ2n) is 9.65. The zero-order chi connectivity index (χ0) is 28.8. The summed E-state index contributed by atoms with van der Waals surface area (Å²) in [7, 11) is 3.91. The van der Waals surface area contributed by atoms with E-state index in [0.29, 0.717) is 39.3 Å². The molecule has 10 heteroatoms. The van der Waals surface area contributed by atoms with E-state index in [1.54, 1.807) is 48.7 Å². The maximum Gasteiger partial charge on any atom is 0.255 e. The third kappa shape index (κ3) is 7.09. The van der Waals surface area contributed by atoms with E-state index >= 15 is 0 Å². The molecule has 1 unspecified atom stereocenters. The van der Waals surface area contributed by atoms with Gasteiger partial charge in [0.1, 0.15) is 6.23 Å². The summed E-state index contributed by atoms with van der Waals surface area (Å²) in [5.41, 5.74) is 4.97. The molecule has 2 heterocycles. The first kappa shape index (κ1) is 27.9. The second kappa shape index (κ2) is 12.6. The number of aliphatic hydroxyl groups is 1. The van der Waals surface area contributed by atoms with Crippen LogP contribution in [0.5, 0.6) is 0 Å². The summed E-state index contributed by atoms with van der Waals surface area (Å²) in [5, 5.41) is 20.7. The Bertz CT molecular complexity index is 1680. The zero-order valence-corrected chi connectivity index (χ0v) is 23.4. The van der Waals surface area contributed by atoms with Crippen molar-refractivity contribution in [3.8, 4) is 11.3 Å². The highest BCUT2D eigenvalue weighted by atomic mass is 35.5. The van der Waals surface area contributed by atoms with Gasteiger partial charge in [-0.1, -0.05) is 41.9 Å². The number of halogens is 1. The molecule has 0 aliphatic rings. The van der Waals surface area contributed by atoms with Crippen LogP contribution in [0.25, 0.3) is 22.2 Å². The summed E-state index contributed by atoms with van der Waals surface area (Å²) in [6.07, 6.45) is 6.18. The highest BCUT2D eigenvalue weighted by Crippen LogP contribution is 2.32. The van der Waals surface area contributed by atoms with Gasteiger partial charge in [0.15, 0.2) is 0 Å². The number of H-pyrrole nitrogens is 1. The molecule has 0 saturated carbocycles. The fourth-order valence-electron chi connectivity index (χ4n) is 4.23. The maximum absolute atomic E-state index is 12.9. The van der Waals surface area contributed by atoms with E-state index < -0.39 is 6.23 Å². The lowest BCUT2D eigenvalue weighted by Crippen LogP contribution is -2.17. The SMILES string of the molecule is CN(C)C/C=C/C(O)Nc1ccc(C(=O)Nc2cccc(Nc3ncc(Cl)c(-c4c[nH]c5ccccc45)n3)c2)cc1. The van der Waals surface area contributed by atoms with Crippen LogP contribution >= 0.6 is 11.6 Å². The molecular formula is C31H30ClN7O2. The van der Waals surface area contributed by atoms with Gasteiger partial charge in [-0.05, 0) is 68.7 Å². The van der Waals surface area contributed by atoms with Gasteiger partial charge >= 0.3 is 0 Å². The van der Waals surface area contributed by atoms with Crippen LogP contribution in [0.1, 0.15) is 10.4 Å². The highest BCUT2D eigenvalue weighted by Gasteiger charge is 2.13. The molecule has 5 N–H and O–H groups in total. The van der Waals surface area contributed by atoms with E-state index in [4.69, 9.17) is 11.6 Å². The minimum Gasteiger partial charge on any atom is -0.370 e. The minimum atomic E-state index is -0.826. The molecule has 0 aliphatic carbocycles. The number of carbonyl (C=O) groups is 1. The standard InChI is InChI=1S/C31H30ClN7O2/c1-39(2)16-6-11-28(40)35-21-14-12-20(13-15-21)30(41)36-22-7-5-8-23(17-22)37-31-34-19-26(32)29(38-31)25-18-33-27-10-4-3-9-24(25)27/h3-15,17-19,28,33,35,40H,16H2,1-2H3,(H,36,41)(H,34,37,38)/b11-6+. The number of carbonyl (C=O) groups excluding carboxylic acids is 1. The lowest BCUT2D eigenvalue weighted by molar-refractivity contribution is 0.102. The van der Waals surface area contributed by atoms with E-state index in [0.717, 1.165) is 23.0 Å².